The van der Waals surface area contributed by atoms with E-state index in [9.17, 15) is 5.11 Å². The van der Waals surface area contributed by atoms with Gasteiger partial charge >= 0.3 is 0 Å². The second kappa shape index (κ2) is 4.14. The molecule has 2 aliphatic rings. The molecule has 0 radical (unpaired) electrons. The fourth-order valence-electron chi connectivity index (χ4n) is 2.44. The van der Waals surface area contributed by atoms with Crippen molar-refractivity contribution in [2.24, 2.45) is 0 Å². The number of nitrogens with zero attached hydrogens (tertiary/aromatic N) is 1. The molecule has 1 heterocycles. The molecule has 1 N–H and O–H groups in total. The minimum atomic E-state index is -0.695. The van der Waals surface area contributed by atoms with Crippen LogP contribution in [-0.2, 0) is 5.60 Å². The Morgan fingerprint density at radius 3 is 2.61 bits per heavy atom. The first kappa shape index (κ1) is 11.8. The molecule has 1 aliphatic carbocycles. The molecule has 1 aromatic carbocycles. The average molecular weight is 249 g/mol. The third kappa shape index (κ3) is 1.95. The molecule has 18 heavy (non-hydrogen) atoms. The lowest BCUT2D eigenvalue weighted by Crippen LogP contribution is -2.51. The van der Waals surface area contributed by atoms with Crippen molar-refractivity contribution in [1.82, 2.24) is 4.90 Å². The van der Waals surface area contributed by atoms with Crippen LogP contribution in [0.2, 0.25) is 0 Å². The van der Waals surface area contributed by atoms with Gasteiger partial charge in [0.15, 0.2) is 11.5 Å². The second-order valence-electron chi connectivity index (χ2n) is 5.33. The van der Waals surface area contributed by atoms with Gasteiger partial charge in [-0.3, -0.25) is 4.90 Å². The molecule has 0 atom stereocenters. The van der Waals surface area contributed by atoms with Gasteiger partial charge in [-0.1, -0.05) is 12.1 Å². The summed E-state index contributed by atoms with van der Waals surface area (Å²) in [6, 6.07) is 5.73. The Bertz CT molecular complexity index is 450. The molecule has 0 amide bonds. The van der Waals surface area contributed by atoms with Crippen molar-refractivity contribution in [1.29, 1.82) is 0 Å². The van der Waals surface area contributed by atoms with E-state index in [1.807, 2.05) is 18.2 Å². The normalized spacial score (nSPS) is 22.4. The molecule has 4 nitrogen and oxygen atoms in total. The number of benzene rings is 1. The third-order valence-electron chi connectivity index (χ3n) is 3.74. The van der Waals surface area contributed by atoms with Crippen molar-refractivity contribution in [3.05, 3.63) is 23.8 Å². The van der Waals surface area contributed by atoms with E-state index in [1.54, 1.807) is 7.11 Å². The lowest BCUT2D eigenvalue weighted by molar-refractivity contribution is 0.0330. The molecule has 1 aliphatic heterocycles. The maximum Gasteiger partial charge on any atom is 0.167 e. The van der Waals surface area contributed by atoms with Crippen LogP contribution < -0.4 is 9.47 Å². The number of ether oxygens (including phenoxy) is 2. The fraction of sp³-hybridized carbons (Fsp3) is 0.571. The van der Waals surface area contributed by atoms with Gasteiger partial charge in [-0.05, 0) is 26.0 Å². The fourth-order valence-corrected chi connectivity index (χ4v) is 2.44. The minimum Gasteiger partial charge on any atom is -0.493 e. The molecule has 1 aromatic rings. The van der Waals surface area contributed by atoms with Gasteiger partial charge < -0.3 is 14.6 Å². The lowest BCUT2D eigenvalue weighted by Gasteiger charge is -2.37. The smallest absolute Gasteiger partial charge is 0.167 e. The number of rotatable bonds is 4. The van der Waals surface area contributed by atoms with Gasteiger partial charge in [0.2, 0.25) is 0 Å². The molecule has 1 saturated carbocycles. The Morgan fingerprint density at radius 2 is 2.06 bits per heavy atom. The number of likely N-dealkylation sites (N-methyl/N-ethyl adjacent to an activating group) is 1. The SMILES string of the molecule is COc1cccc(C2(O)CC2)c1OC1CN(C)C1. The molecule has 98 valence electrons. The van der Waals surface area contributed by atoms with Crippen molar-refractivity contribution in [3.63, 3.8) is 0 Å². The highest BCUT2D eigenvalue weighted by molar-refractivity contribution is 5.51. The molecule has 3 rings (SSSR count). The summed E-state index contributed by atoms with van der Waals surface area (Å²) in [7, 11) is 3.70. The van der Waals surface area contributed by atoms with Crippen molar-refractivity contribution < 1.29 is 14.6 Å². The zero-order chi connectivity index (χ0) is 12.8. The van der Waals surface area contributed by atoms with Crippen molar-refractivity contribution in [3.8, 4) is 11.5 Å². The standard InChI is InChI=1S/C14H19NO3/c1-15-8-10(9-15)18-13-11(14(16)6-7-14)4-3-5-12(13)17-2/h3-5,10,16H,6-9H2,1-2H3. The molecule has 1 saturated heterocycles. The molecule has 0 unspecified atom stereocenters. The zero-order valence-corrected chi connectivity index (χ0v) is 10.8. The number of hydrogen-bond acceptors (Lipinski definition) is 4. The van der Waals surface area contributed by atoms with Crippen LogP contribution in [0.25, 0.3) is 0 Å². The van der Waals surface area contributed by atoms with E-state index >= 15 is 0 Å². The van der Waals surface area contributed by atoms with Crippen LogP contribution in [0.3, 0.4) is 0 Å². The first-order valence-corrected chi connectivity index (χ1v) is 6.37. The number of aliphatic hydroxyl groups is 1. The number of hydrogen-bond donors (Lipinski definition) is 1. The Kier molecular flexibility index (Phi) is 2.72. The Morgan fingerprint density at radius 1 is 1.33 bits per heavy atom. The van der Waals surface area contributed by atoms with E-state index in [0.29, 0.717) is 5.75 Å². The van der Waals surface area contributed by atoms with E-state index in [1.165, 1.54) is 0 Å². The van der Waals surface area contributed by atoms with Gasteiger partial charge in [-0.25, -0.2) is 0 Å². The summed E-state index contributed by atoms with van der Waals surface area (Å²) in [5.74, 6) is 1.43. The van der Waals surface area contributed by atoms with Crippen molar-refractivity contribution >= 4 is 0 Å². The molecule has 2 fully saturated rings. The molecular weight excluding hydrogens is 230 g/mol. The maximum atomic E-state index is 10.3. The molecular formula is C14H19NO3. The Labute approximate surface area is 107 Å². The van der Waals surface area contributed by atoms with Crippen LogP contribution in [-0.4, -0.2) is 43.4 Å². The van der Waals surface area contributed by atoms with E-state index in [4.69, 9.17) is 9.47 Å². The highest BCUT2D eigenvalue weighted by atomic mass is 16.5. The van der Waals surface area contributed by atoms with Gasteiger partial charge in [0.05, 0.1) is 12.7 Å². The summed E-state index contributed by atoms with van der Waals surface area (Å²) in [5.41, 5.74) is 0.177. The topological polar surface area (TPSA) is 41.9 Å². The minimum absolute atomic E-state index is 0.201. The van der Waals surface area contributed by atoms with Crippen LogP contribution in [0.4, 0.5) is 0 Å². The van der Waals surface area contributed by atoms with Crippen molar-refractivity contribution in [2.75, 3.05) is 27.2 Å². The average Bonchev–Trinajstić information content (AvgIpc) is 3.06. The zero-order valence-electron chi connectivity index (χ0n) is 10.8. The highest BCUT2D eigenvalue weighted by Gasteiger charge is 2.45. The van der Waals surface area contributed by atoms with E-state index in [0.717, 1.165) is 37.2 Å². The van der Waals surface area contributed by atoms with E-state index < -0.39 is 5.60 Å². The summed E-state index contributed by atoms with van der Waals surface area (Å²) in [5, 5.41) is 10.3. The predicted molar refractivity (Wildman–Crippen MR) is 68.0 cm³/mol. The van der Waals surface area contributed by atoms with E-state index in [-0.39, 0.29) is 6.10 Å². The van der Waals surface area contributed by atoms with Gasteiger partial charge in [0, 0.05) is 18.7 Å². The first-order valence-electron chi connectivity index (χ1n) is 6.37. The largest absolute Gasteiger partial charge is 0.493 e. The maximum absolute atomic E-state index is 10.3. The van der Waals surface area contributed by atoms with Crippen LogP contribution in [0.5, 0.6) is 11.5 Å². The number of para-hydroxylation sites is 1. The van der Waals surface area contributed by atoms with Crippen LogP contribution >= 0.6 is 0 Å². The van der Waals surface area contributed by atoms with Crippen LogP contribution in [0.1, 0.15) is 18.4 Å². The van der Waals surface area contributed by atoms with Gasteiger partial charge in [0.1, 0.15) is 6.10 Å². The Balaban J connectivity index is 1.89. The van der Waals surface area contributed by atoms with Gasteiger partial charge in [-0.15, -0.1) is 0 Å². The second-order valence-corrected chi connectivity index (χ2v) is 5.33. The summed E-state index contributed by atoms with van der Waals surface area (Å²) >= 11 is 0. The number of methoxy groups -OCH3 is 1. The number of likely N-dealkylation sites (tertiary alicyclic amines) is 1. The first-order chi connectivity index (χ1) is 8.62. The summed E-state index contributed by atoms with van der Waals surface area (Å²) < 4.78 is 11.4. The molecule has 0 bridgehead atoms. The van der Waals surface area contributed by atoms with Crippen LogP contribution in [0.15, 0.2) is 18.2 Å². The van der Waals surface area contributed by atoms with Gasteiger partial charge in [0.25, 0.3) is 0 Å². The summed E-state index contributed by atoms with van der Waals surface area (Å²) in [6.07, 6.45) is 1.81. The molecule has 0 aromatic heterocycles. The summed E-state index contributed by atoms with van der Waals surface area (Å²) in [6.45, 7) is 1.85. The van der Waals surface area contributed by atoms with Gasteiger partial charge in [-0.2, -0.15) is 0 Å². The van der Waals surface area contributed by atoms with E-state index in [2.05, 4.69) is 11.9 Å². The quantitative estimate of drug-likeness (QED) is 0.875. The van der Waals surface area contributed by atoms with Crippen molar-refractivity contribution in [2.45, 2.75) is 24.5 Å². The Hall–Kier alpha value is -1.26. The third-order valence-corrected chi connectivity index (χ3v) is 3.74. The molecule has 0 spiro atoms. The lowest BCUT2D eigenvalue weighted by atomic mass is 10.1. The molecule has 4 heteroatoms. The van der Waals surface area contributed by atoms with Crippen LogP contribution in [0, 0.1) is 0 Å². The predicted octanol–water partition coefficient (Wildman–Crippen LogP) is 1.37. The highest BCUT2D eigenvalue weighted by Crippen LogP contribution is 2.51. The summed E-state index contributed by atoms with van der Waals surface area (Å²) in [4.78, 5) is 2.20. The monoisotopic (exact) mass is 249 g/mol.